The van der Waals surface area contributed by atoms with Gasteiger partial charge in [-0.25, -0.2) is 0 Å². The van der Waals surface area contributed by atoms with Crippen molar-refractivity contribution in [2.45, 2.75) is 65.6 Å². The third kappa shape index (κ3) is 6.48. The van der Waals surface area contributed by atoms with Crippen molar-refractivity contribution in [1.82, 2.24) is 5.32 Å². The number of Topliss-reactive ketones (excluding diaryl/α,β-unsaturated/α-hetero) is 3. The van der Waals surface area contributed by atoms with Crippen LogP contribution in [0.5, 0.6) is 0 Å². The van der Waals surface area contributed by atoms with Gasteiger partial charge < -0.3 is 5.32 Å². The molecule has 1 N–H and O–H groups in total. The summed E-state index contributed by atoms with van der Waals surface area (Å²) < 4.78 is 38.8. The summed E-state index contributed by atoms with van der Waals surface area (Å²) in [6, 6.07) is 10.1. The Labute approximate surface area is 226 Å². The van der Waals surface area contributed by atoms with Crippen LogP contribution in [0.4, 0.5) is 13.2 Å². The molecule has 1 fully saturated rings. The van der Waals surface area contributed by atoms with Gasteiger partial charge in [0.05, 0.1) is 12.0 Å². The first kappa shape index (κ1) is 28.7. The maximum absolute atomic E-state index is 13.2. The number of benzene rings is 2. The molecule has 2 aliphatic carbocycles. The highest BCUT2D eigenvalue weighted by atomic mass is 19.4. The van der Waals surface area contributed by atoms with Gasteiger partial charge in [-0.05, 0) is 53.5 Å². The Morgan fingerprint density at radius 3 is 2.46 bits per heavy atom. The van der Waals surface area contributed by atoms with Gasteiger partial charge in [0.25, 0.3) is 0 Å². The molecule has 4 rings (SSSR count). The van der Waals surface area contributed by atoms with E-state index in [4.69, 9.17) is 0 Å². The number of fused-ring (bicyclic) bond motifs is 1. The van der Waals surface area contributed by atoms with E-state index in [1.807, 2.05) is 26.8 Å². The molecule has 0 saturated heterocycles. The van der Waals surface area contributed by atoms with E-state index in [0.29, 0.717) is 42.4 Å². The monoisotopic (exact) mass is 541 g/mol. The maximum Gasteiger partial charge on any atom is 0.416 e. The molecule has 5 unspecified atom stereocenters. The van der Waals surface area contributed by atoms with Gasteiger partial charge in [-0.3, -0.25) is 19.2 Å². The van der Waals surface area contributed by atoms with Crippen LogP contribution in [-0.2, 0) is 39.9 Å². The number of carbonyl (C=O) groups is 4. The van der Waals surface area contributed by atoms with Gasteiger partial charge >= 0.3 is 6.18 Å². The van der Waals surface area contributed by atoms with Gasteiger partial charge in [0.1, 0.15) is 11.6 Å². The number of rotatable bonds is 6. The van der Waals surface area contributed by atoms with Crippen molar-refractivity contribution in [1.29, 1.82) is 0 Å². The summed E-state index contributed by atoms with van der Waals surface area (Å²) in [5.74, 6) is -1.10. The molecule has 0 aliphatic heterocycles. The third-order valence-electron chi connectivity index (χ3n) is 8.66. The minimum absolute atomic E-state index is 0.00668. The number of hydrogen-bond donors (Lipinski definition) is 1. The van der Waals surface area contributed by atoms with Crippen molar-refractivity contribution in [2.24, 2.45) is 29.6 Å². The molecule has 39 heavy (non-hydrogen) atoms. The first-order valence-electron chi connectivity index (χ1n) is 13.5. The van der Waals surface area contributed by atoms with Crippen molar-refractivity contribution in [3.8, 4) is 0 Å². The van der Waals surface area contributed by atoms with E-state index in [1.165, 1.54) is 12.1 Å². The number of nitrogens with one attached hydrogen (secondary N) is 1. The standard InChI is InChI=1S/C31H34F3NO4/c1-17-18(2)30(39)25(9-10-27(17)36)19(3)22-14-23-11-20(7-8-26(23)28(37)15-22)13-29(38)35-16-21-5-4-6-24(12-21)31(32,33)34/h4-8,11-12,17-19,22,25H,9-10,13-16H2,1-3H3,(H,35,38). The highest BCUT2D eigenvalue weighted by Crippen LogP contribution is 2.39. The molecule has 2 aromatic carbocycles. The van der Waals surface area contributed by atoms with Gasteiger partial charge in [0.15, 0.2) is 5.78 Å². The SMILES string of the molecule is CC1C(=O)CCC(C(C)C2CC(=O)c3ccc(CC(=O)NCc4cccc(C(F)(F)F)c4)cc3C2)C(=O)C1C. The first-order valence-corrected chi connectivity index (χ1v) is 13.5. The predicted octanol–water partition coefficient (Wildman–Crippen LogP) is 5.77. The van der Waals surface area contributed by atoms with Crippen LogP contribution in [0.15, 0.2) is 42.5 Å². The number of hydrogen-bond acceptors (Lipinski definition) is 4. The van der Waals surface area contributed by atoms with E-state index in [1.54, 1.807) is 12.1 Å². The summed E-state index contributed by atoms with van der Waals surface area (Å²) >= 11 is 0. The van der Waals surface area contributed by atoms with E-state index in [0.717, 1.165) is 17.7 Å². The largest absolute Gasteiger partial charge is 0.416 e. The number of ketones is 3. The van der Waals surface area contributed by atoms with Crippen LogP contribution >= 0.6 is 0 Å². The summed E-state index contributed by atoms with van der Waals surface area (Å²) in [7, 11) is 0. The highest BCUT2D eigenvalue weighted by molar-refractivity contribution is 5.99. The number of carbonyl (C=O) groups excluding carboxylic acids is 4. The van der Waals surface area contributed by atoms with Crippen LogP contribution in [0.3, 0.4) is 0 Å². The Hall–Kier alpha value is -3.29. The Morgan fingerprint density at radius 1 is 1.00 bits per heavy atom. The second kappa shape index (κ2) is 11.4. The number of halogens is 3. The fourth-order valence-electron chi connectivity index (χ4n) is 5.96. The molecule has 8 heteroatoms. The summed E-state index contributed by atoms with van der Waals surface area (Å²) in [6.45, 7) is 5.61. The second-order valence-corrected chi connectivity index (χ2v) is 11.2. The number of alkyl halides is 3. The van der Waals surface area contributed by atoms with E-state index < -0.39 is 11.7 Å². The van der Waals surface area contributed by atoms with Gasteiger partial charge in [-0.15, -0.1) is 0 Å². The molecule has 0 heterocycles. The Kier molecular flexibility index (Phi) is 8.42. The molecule has 208 valence electrons. The Bertz CT molecular complexity index is 1280. The second-order valence-electron chi connectivity index (χ2n) is 11.2. The molecule has 0 radical (unpaired) electrons. The third-order valence-corrected chi connectivity index (χ3v) is 8.66. The van der Waals surface area contributed by atoms with Crippen LogP contribution < -0.4 is 5.32 Å². The Morgan fingerprint density at radius 2 is 1.74 bits per heavy atom. The molecule has 5 nitrogen and oxygen atoms in total. The Balaban J connectivity index is 1.42. The molecule has 2 aromatic rings. The van der Waals surface area contributed by atoms with Crippen molar-refractivity contribution in [3.05, 3.63) is 70.3 Å². The average Bonchev–Trinajstić information content (AvgIpc) is 2.98. The zero-order chi connectivity index (χ0) is 28.5. The molecule has 1 saturated carbocycles. The van der Waals surface area contributed by atoms with E-state index in [-0.39, 0.29) is 65.8 Å². The topological polar surface area (TPSA) is 80.3 Å². The van der Waals surface area contributed by atoms with Crippen LogP contribution in [0.1, 0.15) is 72.6 Å². The average molecular weight is 542 g/mol. The lowest BCUT2D eigenvalue weighted by Crippen LogP contribution is -2.35. The number of amides is 1. The summed E-state index contributed by atoms with van der Waals surface area (Å²) in [6.07, 6.45) is -2.59. The smallest absolute Gasteiger partial charge is 0.352 e. The lowest BCUT2D eigenvalue weighted by atomic mass is 9.69. The van der Waals surface area contributed by atoms with E-state index in [9.17, 15) is 32.3 Å². The van der Waals surface area contributed by atoms with Crippen LogP contribution in [0.2, 0.25) is 0 Å². The predicted molar refractivity (Wildman–Crippen MR) is 140 cm³/mol. The van der Waals surface area contributed by atoms with E-state index in [2.05, 4.69) is 5.32 Å². The summed E-state index contributed by atoms with van der Waals surface area (Å²) in [5.41, 5.74) is 1.75. The zero-order valence-corrected chi connectivity index (χ0v) is 22.4. The fraction of sp³-hybridized carbons (Fsp3) is 0.484. The highest BCUT2D eigenvalue weighted by Gasteiger charge is 2.41. The first-order chi connectivity index (χ1) is 18.3. The lowest BCUT2D eigenvalue weighted by Gasteiger charge is -2.33. The van der Waals surface area contributed by atoms with Crippen molar-refractivity contribution in [3.63, 3.8) is 0 Å². The quantitative estimate of drug-likeness (QED) is 0.471. The van der Waals surface area contributed by atoms with Crippen molar-refractivity contribution >= 4 is 23.3 Å². The molecule has 5 atom stereocenters. The summed E-state index contributed by atoms with van der Waals surface area (Å²) in [4.78, 5) is 51.1. The van der Waals surface area contributed by atoms with Crippen LogP contribution in [0, 0.1) is 29.6 Å². The van der Waals surface area contributed by atoms with Crippen molar-refractivity contribution in [2.75, 3.05) is 0 Å². The van der Waals surface area contributed by atoms with Crippen molar-refractivity contribution < 1.29 is 32.3 Å². The molecule has 1 amide bonds. The van der Waals surface area contributed by atoms with Crippen LogP contribution in [-0.4, -0.2) is 23.3 Å². The van der Waals surface area contributed by atoms with Gasteiger partial charge in [-0.2, -0.15) is 13.2 Å². The molecular weight excluding hydrogens is 507 g/mol. The summed E-state index contributed by atoms with van der Waals surface area (Å²) in [5, 5.41) is 2.67. The zero-order valence-electron chi connectivity index (χ0n) is 22.4. The van der Waals surface area contributed by atoms with Crippen LogP contribution in [0.25, 0.3) is 0 Å². The van der Waals surface area contributed by atoms with Gasteiger partial charge in [-0.1, -0.05) is 51.1 Å². The normalized spacial score (nSPS) is 24.6. The molecular formula is C31H34F3NO4. The fourth-order valence-corrected chi connectivity index (χ4v) is 5.96. The minimum atomic E-state index is -4.45. The molecule has 0 aromatic heterocycles. The molecule has 0 spiro atoms. The lowest BCUT2D eigenvalue weighted by molar-refractivity contribution is -0.137. The van der Waals surface area contributed by atoms with Gasteiger partial charge in [0.2, 0.25) is 5.91 Å². The van der Waals surface area contributed by atoms with E-state index >= 15 is 0 Å². The molecule has 0 bridgehead atoms. The maximum atomic E-state index is 13.2. The minimum Gasteiger partial charge on any atom is -0.352 e. The van der Waals surface area contributed by atoms with Gasteiger partial charge in [0, 0.05) is 42.7 Å². The molecule has 2 aliphatic rings.